The van der Waals surface area contributed by atoms with Gasteiger partial charge in [-0.1, -0.05) is 0 Å². The Morgan fingerprint density at radius 1 is 0.575 bits per heavy atom. The van der Waals surface area contributed by atoms with Gasteiger partial charge in [-0.3, -0.25) is 20.2 Å². The molecule has 0 fully saturated rings. The molecule has 4 aromatic carbocycles. The molecule has 0 aliphatic heterocycles. The number of carbonyl (C=O) groups is 2. The van der Waals surface area contributed by atoms with Gasteiger partial charge >= 0.3 is 11.9 Å². The SMILES string of the molecule is O=C(Oc1cc(OC(=O)c2ccc([N+](=O)[O-])cc2)cc(Oc2cc(F)c(F)c(F)c2)c1)c1ccc([N+](=O)[O-])cc1. The molecule has 202 valence electrons. The van der Waals surface area contributed by atoms with E-state index in [-0.39, 0.29) is 39.8 Å². The number of non-ortho nitro benzene ring substituents is 2. The van der Waals surface area contributed by atoms with E-state index in [1.807, 2.05) is 0 Å². The zero-order valence-corrected chi connectivity index (χ0v) is 19.7. The molecule has 4 aromatic rings. The number of nitrogens with zero attached hydrogens (tertiary/aromatic N) is 2. The number of halogens is 3. The van der Waals surface area contributed by atoms with Crippen molar-refractivity contribution in [3.63, 3.8) is 0 Å². The summed E-state index contributed by atoms with van der Waals surface area (Å²) in [6.07, 6.45) is 0. The summed E-state index contributed by atoms with van der Waals surface area (Å²) < 4.78 is 56.5. The van der Waals surface area contributed by atoms with Crippen molar-refractivity contribution in [1.82, 2.24) is 0 Å². The van der Waals surface area contributed by atoms with Crippen molar-refractivity contribution >= 4 is 23.3 Å². The quantitative estimate of drug-likeness (QED) is 0.0822. The molecular weight excluding hydrogens is 541 g/mol. The maximum atomic E-state index is 13.7. The van der Waals surface area contributed by atoms with Crippen molar-refractivity contribution in [2.24, 2.45) is 0 Å². The van der Waals surface area contributed by atoms with Gasteiger partial charge in [-0.2, -0.15) is 0 Å². The van der Waals surface area contributed by atoms with E-state index in [0.29, 0.717) is 12.1 Å². The fourth-order valence-electron chi connectivity index (χ4n) is 3.22. The van der Waals surface area contributed by atoms with Crippen LogP contribution < -0.4 is 14.2 Å². The lowest BCUT2D eigenvalue weighted by Gasteiger charge is -2.12. The second-order valence-corrected chi connectivity index (χ2v) is 7.83. The number of hydrogen-bond donors (Lipinski definition) is 0. The third kappa shape index (κ3) is 6.36. The van der Waals surface area contributed by atoms with Crippen molar-refractivity contribution in [3.8, 4) is 23.0 Å². The topological polar surface area (TPSA) is 148 Å². The highest BCUT2D eigenvalue weighted by atomic mass is 19.2. The third-order valence-corrected chi connectivity index (χ3v) is 5.10. The van der Waals surface area contributed by atoms with Crippen LogP contribution in [0.5, 0.6) is 23.0 Å². The van der Waals surface area contributed by atoms with Gasteiger partial charge in [0.1, 0.15) is 23.0 Å². The highest BCUT2D eigenvalue weighted by Gasteiger charge is 2.18. The maximum absolute atomic E-state index is 13.7. The molecule has 0 saturated carbocycles. The lowest BCUT2D eigenvalue weighted by Crippen LogP contribution is -2.10. The summed E-state index contributed by atoms with van der Waals surface area (Å²) in [5.74, 6) is -8.06. The summed E-state index contributed by atoms with van der Waals surface area (Å²) in [5, 5.41) is 21.7. The molecule has 0 atom stereocenters. The van der Waals surface area contributed by atoms with Gasteiger partial charge in [0, 0.05) is 54.6 Å². The van der Waals surface area contributed by atoms with E-state index < -0.39 is 45.0 Å². The number of hydrogen-bond acceptors (Lipinski definition) is 9. The second-order valence-electron chi connectivity index (χ2n) is 7.83. The average molecular weight is 554 g/mol. The number of nitro groups is 2. The molecule has 0 heterocycles. The molecule has 0 unspecified atom stereocenters. The Labute approximate surface area is 221 Å². The molecule has 0 saturated heterocycles. The van der Waals surface area contributed by atoms with E-state index in [1.165, 1.54) is 0 Å². The number of benzene rings is 4. The number of ether oxygens (including phenoxy) is 3. The number of carbonyl (C=O) groups excluding carboxylic acids is 2. The van der Waals surface area contributed by atoms with Gasteiger partial charge in [0.2, 0.25) is 0 Å². The first-order valence-electron chi connectivity index (χ1n) is 10.9. The minimum absolute atomic E-state index is 0.0796. The zero-order valence-electron chi connectivity index (χ0n) is 19.7. The van der Waals surface area contributed by atoms with Gasteiger partial charge in [-0.05, 0) is 24.3 Å². The molecule has 40 heavy (non-hydrogen) atoms. The van der Waals surface area contributed by atoms with E-state index in [4.69, 9.17) is 14.2 Å². The third-order valence-electron chi connectivity index (χ3n) is 5.10. The molecule has 0 bridgehead atoms. The van der Waals surface area contributed by atoms with Crippen LogP contribution in [0.2, 0.25) is 0 Å². The fraction of sp³-hybridized carbons (Fsp3) is 0. The van der Waals surface area contributed by atoms with Crippen molar-refractivity contribution < 1.29 is 46.8 Å². The van der Waals surface area contributed by atoms with Crippen LogP contribution in [-0.4, -0.2) is 21.8 Å². The molecule has 0 aliphatic carbocycles. The summed E-state index contributed by atoms with van der Waals surface area (Å²) in [5.41, 5.74) is -0.703. The number of esters is 2. The lowest BCUT2D eigenvalue weighted by molar-refractivity contribution is -0.385. The zero-order chi connectivity index (χ0) is 29.0. The number of nitro benzene ring substituents is 2. The Hall–Kier alpha value is -5.79. The fourth-order valence-corrected chi connectivity index (χ4v) is 3.22. The van der Waals surface area contributed by atoms with E-state index in [9.17, 15) is 43.0 Å². The van der Waals surface area contributed by atoms with Crippen LogP contribution in [-0.2, 0) is 0 Å². The van der Waals surface area contributed by atoms with Crippen LogP contribution in [0.3, 0.4) is 0 Å². The van der Waals surface area contributed by atoms with Gasteiger partial charge < -0.3 is 14.2 Å². The molecule has 14 heteroatoms. The van der Waals surface area contributed by atoms with Crippen molar-refractivity contribution in [1.29, 1.82) is 0 Å². The Bertz CT molecular complexity index is 1530. The van der Waals surface area contributed by atoms with Gasteiger partial charge in [0.05, 0.1) is 21.0 Å². The summed E-state index contributed by atoms with van der Waals surface area (Å²) in [7, 11) is 0. The molecule has 0 radical (unpaired) electrons. The minimum Gasteiger partial charge on any atom is -0.457 e. The van der Waals surface area contributed by atoms with Crippen LogP contribution in [0, 0.1) is 37.7 Å². The van der Waals surface area contributed by atoms with Crippen molar-refractivity contribution in [3.05, 3.63) is 128 Å². The van der Waals surface area contributed by atoms with E-state index in [2.05, 4.69) is 0 Å². The van der Waals surface area contributed by atoms with Crippen LogP contribution in [0.15, 0.2) is 78.9 Å². The van der Waals surface area contributed by atoms with Crippen LogP contribution >= 0.6 is 0 Å². The Morgan fingerprint density at radius 2 is 0.925 bits per heavy atom. The van der Waals surface area contributed by atoms with Crippen LogP contribution in [0.1, 0.15) is 20.7 Å². The molecule has 0 aromatic heterocycles. The monoisotopic (exact) mass is 554 g/mol. The molecule has 11 nitrogen and oxygen atoms in total. The van der Waals surface area contributed by atoms with Gasteiger partial charge in [-0.15, -0.1) is 0 Å². The van der Waals surface area contributed by atoms with E-state index in [0.717, 1.165) is 66.7 Å². The molecule has 0 amide bonds. The van der Waals surface area contributed by atoms with E-state index in [1.54, 1.807) is 0 Å². The first kappa shape index (κ1) is 27.3. The first-order valence-corrected chi connectivity index (χ1v) is 10.9. The normalized spacial score (nSPS) is 10.5. The molecule has 0 N–H and O–H groups in total. The Kier molecular flexibility index (Phi) is 7.70. The predicted octanol–water partition coefficient (Wildman–Crippen LogP) is 6.15. The largest absolute Gasteiger partial charge is 0.457 e. The second kappa shape index (κ2) is 11.3. The molecule has 4 rings (SSSR count). The summed E-state index contributed by atoms with van der Waals surface area (Å²) in [6.45, 7) is 0. The summed E-state index contributed by atoms with van der Waals surface area (Å²) >= 11 is 0. The van der Waals surface area contributed by atoms with Gasteiger partial charge in [0.25, 0.3) is 11.4 Å². The smallest absolute Gasteiger partial charge is 0.343 e. The van der Waals surface area contributed by atoms with Crippen molar-refractivity contribution in [2.45, 2.75) is 0 Å². The minimum atomic E-state index is -1.73. The molecule has 0 spiro atoms. The van der Waals surface area contributed by atoms with Crippen LogP contribution in [0.4, 0.5) is 24.5 Å². The Balaban J connectivity index is 1.64. The van der Waals surface area contributed by atoms with Crippen molar-refractivity contribution in [2.75, 3.05) is 0 Å². The average Bonchev–Trinajstić information content (AvgIpc) is 2.91. The highest BCUT2D eigenvalue weighted by Crippen LogP contribution is 2.33. The predicted molar refractivity (Wildman–Crippen MR) is 129 cm³/mol. The van der Waals surface area contributed by atoms with Crippen LogP contribution in [0.25, 0.3) is 0 Å². The first-order chi connectivity index (χ1) is 19.0. The van der Waals surface area contributed by atoms with E-state index >= 15 is 0 Å². The lowest BCUT2D eigenvalue weighted by atomic mass is 10.2. The summed E-state index contributed by atoms with van der Waals surface area (Å²) in [6, 6.07) is 13.2. The van der Waals surface area contributed by atoms with Gasteiger partial charge in [0.15, 0.2) is 17.5 Å². The molecule has 0 aliphatic rings. The van der Waals surface area contributed by atoms with Gasteiger partial charge in [-0.25, -0.2) is 22.8 Å². The summed E-state index contributed by atoms with van der Waals surface area (Å²) in [4.78, 5) is 45.5. The molecular formula is C26H13F3N2O9. The Morgan fingerprint density at radius 3 is 1.30 bits per heavy atom. The number of rotatable bonds is 8. The maximum Gasteiger partial charge on any atom is 0.343 e. The highest BCUT2D eigenvalue weighted by molar-refractivity contribution is 5.92. The standard InChI is InChI=1S/C26H13F3N2O9/c27-22-12-21(13-23(28)24(22)29)38-18-9-19(39-25(32)14-1-5-16(6-2-14)30(34)35)11-20(10-18)40-26(33)15-3-7-17(8-4-15)31(36)37/h1-13H.